The van der Waals surface area contributed by atoms with Gasteiger partial charge in [0.05, 0.1) is 12.9 Å². The van der Waals surface area contributed by atoms with E-state index in [0.717, 1.165) is 25.2 Å². The number of para-hydroxylation sites is 1. The number of rotatable bonds is 3. The Bertz CT molecular complexity index is 632. The lowest BCUT2D eigenvalue weighted by atomic mass is 9.76. The number of anilines is 1. The van der Waals surface area contributed by atoms with Gasteiger partial charge < -0.3 is 14.5 Å². The van der Waals surface area contributed by atoms with E-state index < -0.39 is 0 Å². The number of allylic oxidation sites excluding steroid dienone is 1. The number of benzene rings is 1. The summed E-state index contributed by atoms with van der Waals surface area (Å²) in [6.07, 6.45) is 8.06. The Morgan fingerprint density at radius 3 is 3.10 bits per heavy atom. The lowest BCUT2D eigenvalue weighted by Crippen LogP contribution is -2.34. The van der Waals surface area contributed by atoms with E-state index in [-0.39, 0.29) is 11.6 Å². The van der Waals surface area contributed by atoms with Gasteiger partial charge in [-0.05, 0) is 42.7 Å². The summed E-state index contributed by atoms with van der Waals surface area (Å²) in [6, 6.07) is 12.4. The molecule has 2 atom stereocenters. The van der Waals surface area contributed by atoms with Crippen LogP contribution in [0.3, 0.4) is 0 Å². The molecule has 0 bridgehead atoms. The Labute approximate surface area is 118 Å². The van der Waals surface area contributed by atoms with E-state index in [1.54, 1.807) is 6.26 Å². The fraction of sp³-hybridized carbons (Fsp3) is 0.294. The molecule has 102 valence electrons. The molecule has 1 saturated heterocycles. The van der Waals surface area contributed by atoms with Crippen LogP contribution in [-0.4, -0.2) is 12.8 Å². The number of nitrogens with one attached hydrogen (secondary N) is 1. The van der Waals surface area contributed by atoms with Crippen molar-refractivity contribution in [1.29, 1.82) is 0 Å². The molecule has 1 fully saturated rings. The fourth-order valence-electron chi connectivity index (χ4n) is 3.38. The van der Waals surface area contributed by atoms with Crippen molar-refractivity contribution in [3.05, 3.63) is 60.1 Å². The first kappa shape index (κ1) is 11.8. The minimum atomic E-state index is 0.0691. The number of fused-ring (bicyclic) bond motifs is 3. The molecule has 1 aromatic heterocycles. The summed E-state index contributed by atoms with van der Waals surface area (Å²) in [5.41, 5.74) is 2.66. The van der Waals surface area contributed by atoms with Crippen LogP contribution in [0.4, 0.5) is 5.69 Å². The monoisotopic (exact) mass is 267 g/mol. The molecule has 2 aliphatic heterocycles. The van der Waals surface area contributed by atoms with Gasteiger partial charge in [0.25, 0.3) is 0 Å². The molecule has 1 N–H and O–H groups in total. The van der Waals surface area contributed by atoms with E-state index >= 15 is 0 Å². The van der Waals surface area contributed by atoms with E-state index in [1.165, 1.54) is 11.3 Å². The van der Waals surface area contributed by atoms with Crippen molar-refractivity contribution in [3.8, 4) is 0 Å². The normalized spacial score (nSPS) is 27.5. The number of furan rings is 1. The van der Waals surface area contributed by atoms with Gasteiger partial charge in [-0.1, -0.05) is 24.3 Å². The Morgan fingerprint density at radius 1 is 1.25 bits per heavy atom. The topological polar surface area (TPSA) is 34.4 Å². The lowest BCUT2D eigenvalue weighted by Gasteiger charge is -2.26. The van der Waals surface area contributed by atoms with Crippen molar-refractivity contribution >= 4 is 11.8 Å². The highest BCUT2D eigenvalue weighted by molar-refractivity contribution is 5.62. The summed E-state index contributed by atoms with van der Waals surface area (Å²) in [7, 11) is 0. The van der Waals surface area contributed by atoms with Crippen LogP contribution >= 0.6 is 0 Å². The van der Waals surface area contributed by atoms with Crippen LogP contribution in [0.1, 0.15) is 24.2 Å². The van der Waals surface area contributed by atoms with Crippen molar-refractivity contribution in [2.24, 2.45) is 0 Å². The minimum absolute atomic E-state index is 0.0691. The van der Waals surface area contributed by atoms with E-state index in [0.29, 0.717) is 0 Å². The number of hydrogen-bond donors (Lipinski definition) is 1. The van der Waals surface area contributed by atoms with E-state index in [2.05, 4.69) is 35.7 Å². The minimum Gasteiger partial charge on any atom is -0.465 e. The molecule has 20 heavy (non-hydrogen) atoms. The zero-order valence-corrected chi connectivity index (χ0v) is 11.2. The van der Waals surface area contributed by atoms with Gasteiger partial charge in [0.15, 0.2) is 0 Å². The summed E-state index contributed by atoms with van der Waals surface area (Å²) >= 11 is 0. The van der Waals surface area contributed by atoms with Crippen LogP contribution in [0.15, 0.2) is 53.2 Å². The van der Waals surface area contributed by atoms with Gasteiger partial charge in [-0.3, -0.25) is 0 Å². The lowest BCUT2D eigenvalue weighted by molar-refractivity contribution is 0.108. The largest absolute Gasteiger partial charge is 0.465 e. The molecular formula is C17H17NO2. The van der Waals surface area contributed by atoms with Crippen molar-refractivity contribution in [2.75, 3.05) is 11.9 Å². The maximum absolute atomic E-state index is 5.88. The predicted molar refractivity (Wildman–Crippen MR) is 78.5 cm³/mol. The second kappa shape index (κ2) is 4.53. The Kier molecular flexibility index (Phi) is 2.67. The highest BCUT2D eigenvalue weighted by Crippen LogP contribution is 2.49. The van der Waals surface area contributed by atoms with Crippen molar-refractivity contribution in [2.45, 2.75) is 24.5 Å². The molecule has 0 radical (unpaired) electrons. The summed E-state index contributed by atoms with van der Waals surface area (Å²) in [5.74, 6) is 0.899. The summed E-state index contributed by atoms with van der Waals surface area (Å²) in [5, 5.41) is 3.50. The van der Waals surface area contributed by atoms with Crippen LogP contribution in [0.5, 0.6) is 0 Å². The van der Waals surface area contributed by atoms with E-state index in [4.69, 9.17) is 9.15 Å². The van der Waals surface area contributed by atoms with Crippen LogP contribution in [0, 0.1) is 0 Å². The maximum Gasteiger partial charge on any atom is 0.137 e. The molecule has 0 amide bonds. The van der Waals surface area contributed by atoms with Gasteiger partial charge in [-0.2, -0.15) is 0 Å². The number of hydrogen-bond acceptors (Lipinski definition) is 3. The molecule has 4 rings (SSSR count). The van der Waals surface area contributed by atoms with Gasteiger partial charge in [0, 0.05) is 11.1 Å². The number of ether oxygens (including phenoxy) is 1. The van der Waals surface area contributed by atoms with Gasteiger partial charge in [0.1, 0.15) is 12.0 Å². The smallest absolute Gasteiger partial charge is 0.137 e. The van der Waals surface area contributed by atoms with Gasteiger partial charge in [-0.25, -0.2) is 0 Å². The second-order valence-corrected chi connectivity index (χ2v) is 5.47. The quantitative estimate of drug-likeness (QED) is 0.918. The molecule has 0 aliphatic carbocycles. The Balaban J connectivity index is 1.64. The first-order valence-electron chi connectivity index (χ1n) is 7.06. The van der Waals surface area contributed by atoms with E-state index in [1.807, 2.05) is 18.2 Å². The second-order valence-electron chi connectivity index (χ2n) is 5.47. The van der Waals surface area contributed by atoms with Crippen LogP contribution < -0.4 is 5.32 Å². The third kappa shape index (κ3) is 1.70. The standard InChI is InChI=1S/C17H17NO2/c1-2-8-15-14(7-1)17(10-12-20-16(17)18-15)9-3-5-13-6-4-11-19-13/h1-8,11,16,18H,9-10,12H2/b5-3+/t16-,17-/m0/s1. The van der Waals surface area contributed by atoms with Gasteiger partial charge in [0.2, 0.25) is 0 Å². The first-order chi connectivity index (χ1) is 9.88. The van der Waals surface area contributed by atoms with Crippen LogP contribution in [-0.2, 0) is 10.2 Å². The first-order valence-corrected chi connectivity index (χ1v) is 7.06. The van der Waals surface area contributed by atoms with Crippen LogP contribution in [0.25, 0.3) is 6.08 Å². The SMILES string of the molecule is C(=C\c1ccco1)/C[C@@]12CCO[C@@H]1Nc1ccccc12. The molecule has 2 aliphatic rings. The Morgan fingerprint density at radius 2 is 2.20 bits per heavy atom. The molecule has 3 heterocycles. The zero-order valence-electron chi connectivity index (χ0n) is 11.2. The highest BCUT2D eigenvalue weighted by atomic mass is 16.5. The Hall–Kier alpha value is -2.00. The fourth-order valence-corrected chi connectivity index (χ4v) is 3.38. The average molecular weight is 267 g/mol. The molecule has 2 aromatic rings. The van der Waals surface area contributed by atoms with Crippen molar-refractivity contribution in [3.63, 3.8) is 0 Å². The molecular weight excluding hydrogens is 250 g/mol. The zero-order chi connectivity index (χ0) is 13.4. The molecule has 3 heteroatoms. The summed E-state index contributed by atoms with van der Waals surface area (Å²) in [6.45, 7) is 0.820. The third-order valence-corrected chi connectivity index (χ3v) is 4.39. The molecule has 1 aromatic carbocycles. The molecule has 3 nitrogen and oxygen atoms in total. The predicted octanol–water partition coefficient (Wildman–Crippen LogP) is 3.79. The summed E-state index contributed by atoms with van der Waals surface area (Å²) in [4.78, 5) is 0. The van der Waals surface area contributed by atoms with E-state index in [9.17, 15) is 0 Å². The maximum atomic E-state index is 5.88. The molecule has 0 saturated carbocycles. The van der Waals surface area contributed by atoms with Crippen molar-refractivity contribution in [1.82, 2.24) is 0 Å². The van der Waals surface area contributed by atoms with Gasteiger partial charge in [-0.15, -0.1) is 0 Å². The molecule has 0 spiro atoms. The van der Waals surface area contributed by atoms with Gasteiger partial charge >= 0.3 is 0 Å². The summed E-state index contributed by atoms with van der Waals surface area (Å²) < 4.78 is 11.2. The molecule has 0 unspecified atom stereocenters. The third-order valence-electron chi connectivity index (χ3n) is 4.39. The average Bonchev–Trinajstić information content (AvgIpc) is 3.14. The van der Waals surface area contributed by atoms with Crippen LogP contribution in [0.2, 0.25) is 0 Å². The highest BCUT2D eigenvalue weighted by Gasteiger charge is 2.50. The van der Waals surface area contributed by atoms with Crippen molar-refractivity contribution < 1.29 is 9.15 Å².